The maximum atomic E-state index is 12.1. The van der Waals surface area contributed by atoms with Crippen LogP contribution in [0.2, 0.25) is 0 Å². The van der Waals surface area contributed by atoms with Crippen molar-refractivity contribution >= 4 is 12.0 Å². The number of carboxylic acids is 1. The van der Waals surface area contributed by atoms with Crippen LogP contribution in [0.25, 0.3) is 0 Å². The van der Waals surface area contributed by atoms with Crippen molar-refractivity contribution in [3.63, 3.8) is 0 Å². The van der Waals surface area contributed by atoms with Crippen molar-refractivity contribution in [3.8, 4) is 0 Å². The smallest absolute Gasteiger partial charge is 0.329 e. The van der Waals surface area contributed by atoms with E-state index in [0.29, 0.717) is 25.4 Å². The third kappa shape index (κ3) is 2.44. The van der Waals surface area contributed by atoms with Crippen LogP contribution in [-0.4, -0.2) is 40.6 Å². The Balaban J connectivity index is 1.89. The summed E-state index contributed by atoms with van der Waals surface area (Å²) in [6, 6.07) is -0.218. The average Bonchev–Trinajstić information content (AvgIpc) is 2.95. The fraction of sp³-hybridized carbons (Fsp3) is 0.846. The minimum absolute atomic E-state index is 0.218. The van der Waals surface area contributed by atoms with Crippen molar-refractivity contribution in [3.05, 3.63) is 0 Å². The molecule has 0 aromatic rings. The van der Waals surface area contributed by atoms with Crippen LogP contribution in [0.5, 0.6) is 0 Å². The first kappa shape index (κ1) is 13.2. The SMILES string of the molecule is CC1(C(=O)O)CCCN1C(=O)NCC1CCCC1. The predicted molar refractivity (Wildman–Crippen MR) is 67.3 cm³/mol. The molecule has 1 aliphatic heterocycles. The molecule has 1 saturated heterocycles. The van der Waals surface area contributed by atoms with Crippen molar-refractivity contribution in [1.82, 2.24) is 10.2 Å². The van der Waals surface area contributed by atoms with Crippen molar-refractivity contribution in [2.24, 2.45) is 5.92 Å². The summed E-state index contributed by atoms with van der Waals surface area (Å²) in [5.41, 5.74) is -1.03. The minimum atomic E-state index is -1.03. The summed E-state index contributed by atoms with van der Waals surface area (Å²) >= 11 is 0. The molecule has 2 aliphatic rings. The summed E-state index contributed by atoms with van der Waals surface area (Å²) in [7, 11) is 0. The monoisotopic (exact) mass is 254 g/mol. The van der Waals surface area contributed by atoms with Gasteiger partial charge in [0, 0.05) is 13.1 Å². The number of aliphatic carboxylic acids is 1. The number of hydrogen-bond donors (Lipinski definition) is 2. The van der Waals surface area contributed by atoms with E-state index < -0.39 is 11.5 Å². The third-order valence-electron chi connectivity index (χ3n) is 4.36. The quantitative estimate of drug-likeness (QED) is 0.807. The molecule has 0 radical (unpaired) electrons. The van der Waals surface area contributed by atoms with Crippen LogP contribution in [0.15, 0.2) is 0 Å². The number of nitrogens with zero attached hydrogens (tertiary/aromatic N) is 1. The summed E-state index contributed by atoms with van der Waals surface area (Å²) in [6.45, 7) is 2.86. The Morgan fingerprint density at radius 2 is 2.00 bits per heavy atom. The fourth-order valence-electron chi connectivity index (χ4n) is 3.05. The van der Waals surface area contributed by atoms with Gasteiger partial charge in [0.1, 0.15) is 5.54 Å². The van der Waals surface area contributed by atoms with Crippen LogP contribution in [0.4, 0.5) is 4.79 Å². The Labute approximate surface area is 108 Å². The number of carboxylic acid groups (broad SMARTS) is 1. The molecule has 1 heterocycles. The first-order valence-electron chi connectivity index (χ1n) is 6.83. The first-order chi connectivity index (χ1) is 8.54. The Morgan fingerprint density at radius 3 is 2.61 bits per heavy atom. The largest absolute Gasteiger partial charge is 0.480 e. The van der Waals surface area contributed by atoms with E-state index in [0.717, 1.165) is 6.42 Å². The molecule has 0 bridgehead atoms. The Morgan fingerprint density at radius 1 is 1.33 bits per heavy atom. The van der Waals surface area contributed by atoms with Gasteiger partial charge in [-0.3, -0.25) is 0 Å². The molecule has 5 heteroatoms. The lowest BCUT2D eigenvalue weighted by Crippen LogP contribution is -2.54. The van der Waals surface area contributed by atoms with Gasteiger partial charge in [0.15, 0.2) is 0 Å². The van der Waals surface area contributed by atoms with Gasteiger partial charge in [0.2, 0.25) is 0 Å². The Hall–Kier alpha value is -1.26. The molecule has 2 fully saturated rings. The fourth-order valence-corrected chi connectivity index (χ4v) is 3.05. The summed E-state index contributed by atoms with van der Waals surface area (Å²) in [6.07, 6.45) is 6.15. The average molecular weight is 254 g/mol. The zero-order chi connectivity index (χ0) is 13.2. The molecule has 1 saturated carbocycles. The predicted octanol–water partition coefficient (Wildman–Crippen LogP) is 1.83. The maximum absolute atomic E-state index is 12.1. The zero-order valence-corrected chi connectivity index (χ0v) is 10.9. The minimum Gasteiger partial charge on any atom is -0.480 e. The van der Waals surface area contributed by atoms with Gasteiger partial charge in [-0.1, -0.05) is 12.8 Å². The van der Waals surface area contributed by atoms with Crippen LogP contribution < -0.4 is 5.32 Å². The van der Waals surface area contributed by atoms with Crippen molar-refractivity contribution in [2.45, 2.75) is 51.0 Å². The van der Waals surface area contributed by atoms with Crippen molar-refractivity contribution in [1.29, 1.82) is 0 Å². The summed E-state index contributed by atoms with van der Waals surface area (Å²) < 4.78 is 0. The van der Waals surface area contributed by atoms with E-state index in [-0.39, 0.29) is 6.03 Å². The highest BCUT2D eigenvalue weighted by molar-refractivity contribution is 5.86. The number of hydrogen-bond acceptors (Lipinski definition) is 2. The summed E-state index contributed by atoms with van der Waals surface area (Å²) in [5.74, 6) is -0.330. The molecule has 1 atom stereocenters. The highest BCUT2D eigenvalue weighted by Gasteiger charge is 2.45. The molecule has 5 nitrogen and oxygen atoms in total. The molecule has 102 valence electrons. The molecule has 18 heavy (non-hydrogen) atoms. The number of carbonyl (C=O) groups excluding carboxylic acids is 1. The highest BCUT2D eigenvalue weighted by atomic mass is 16.4. The lowest BCUT2D eigenvalue weighted by atomic mass is 10.00. The van der Waals surface area contributed by atoms with Crippen molar-refractivity contribution < 1.29 is 14.7 Å². The standard InChI is InChI=1S/C13H22N2O3/c1-13(11(16)17)7-4-8-15(13)12(18)14-9-10-5-2-3-6-10/h10H,2-9H2,1H3,(H,14,18)(H,16,17). The summed E-state index contributed by atoms with van der Waals surface area (Å²) in [5, 5.41) is 12.2. The molecular formula is C13H22N2O3. The van der Waals surface area contributed by atoms with Gasteiger partial charge in [-0.15, -0.1) is 0 Å². The molecule has 1 aliphatic carbocycles. The van der Waals surface area contributed by atoms with Gasteiger partial charge >= 0.3 is 12.0 Å². The molecule has 0 aromatic carbocycles. The topological polar surface area (TPSA) is 69.6 Å². The van der Waals surface area contributed by atoms with Crippen LogP contribution in [0, 0.1) is 5.92 Å². The van der Waals surface area contributed by atoms with E-state index >= 15 is 0 Å². The molecule has 0 aromatic heterocycles. The Bertz CT molecular complexity index is 339. The molecule has 2 amide bonds. The molecule has 2 rings (SSSR count). The number of rotatable bonds is 3. The second-order valence-electron chi connectivity index (χ2n) is 5.67. The van der Waals surface area contributed by atoms with Gasteiger partial charge in [0.05, 0.1) is 0 Å². The number of nitrogens with one attached hydrogen (secondary N) is 1. The molecule has 2 N–H and O–H groups in total. The summed E-state index contributed by atoms with van der Waals surface area (Å²) in [4.78, 5) is 24.8. The van der Waals surface area contributed by atoms with Gasteiger partial charge in [0.25, 0.3) is 0 Å². The number of urea groups is 1. The normalized spacial score (nSPS) is 28.6. The maximum Gasteiger partial charge on any atom is 0.329 e. The van der Waals surface area contributed by atoms with Crippen molar-refractivity contribution in [2.75, 3.05) is 13.1 Å². The molecule has 1 unspecified atom stereocenters. The van der Waals surface area contributed by atoms with Crippen LogP contribution in [-0.2, 0) is 4.79 Å². The van der Waals surface area contributed by atoms with E-state index in [2.05, 4.69) is 5.32 Å². The highest BCUT2D eigenvalue weighted by Crippen LogP contribution is 2.29. The van der Waals surface area contributed by atoms with Gasteiger partial charge < -0.3 is 15.3 Å². The van der Waals surface area contributed by atoms with E-state index in [1.54, 1.807) is 6.92 Å². The second kappa shape index (κ2) is 5.16. The van der Waals surface area contributed by atoms with Crippen LogP contribution in [0.1, 0.15) is 45.4 Å². The Kier molecular flexibility index (Phi) is 3.78. The number of amides is 2. The first-order valence-corrected chi connectivity index (χ1v) is 6.83. The van der Waals surface area contributed by atoms with E-state index in [1.807, 2.05) is 0 Å². The van der Waals surface area contributed by atoms with Gasteiger partial charge in [-0.2, -0.15) is 0 Å². The van der Waals surface area contributed by atoms with Crippen LogP contribution >= 0.6 is 0 Å². The number of likely N-dealkylation sites (tertiary alicyclic amines) is 1. The van der Waals surface area contributed by atoms with E-state index in [1.165, 1.54) is 30.6 Å². The third-order valence-corrected chi connectivity index (χ3v) is 4.36. The zero-order valence-electron chi connectivity index (χ0n) is 10.9. The number of carbonyl (C=O) groups is 2. The van der Waals surface area contributed by atoms with Gasteiger partial charge in [-0.05, 0) is 38.5 Å². The molecular weight excluding hydrogens is 232 g/mol. The van der Waals surface area contributed by atoms with Crippen LogP contribution in [0.3, 0.4) is 0 Å². The van der Waals surface area contributed by atoms with E-state index in [4.69, 9.17) is 0 Å². The second-order valence-corrected chi connectivity index (χ2v) is 5.67. The molecule has 0 spiro atoms. The lowest BCUT2D eigenvalue weighted by Gasteiger charge is -2.31. The van der Waals surface area contributed by atoms with Gasteiger partial charge in [-0.25, -0.2) is 9.59 Å². The lowest BCUT2D eigenvalue weighted by molar-refractivity contribution is -0.147. The van der Waals surface area contributed by atoms with E-state index in [9.17, 15) is 14.7 Å².